The standard InChI is InChI=1S/C14H20F3N3/c1-4-9(3)20(5-2)10-6-7-12(14(15,16)17)11(8-10)13(18)19/h6-9H,4-5H2,1-3H3,(H3,18,19). The lowest BCUT2D eigenvalue weighted by Gasteiger charge is -2.30. The van der Waals surface area contributed by atoms with Gasteiger partial charge in [-0.3, -0.25) is 5.41 Å². The molecular weight excluding hydrogens is 267 g/mol. The maximum absolute atomic E-state index is 12.9. The molecule has 0 aliphatic heterocycles. The number of benzene rings is 1. The van der Waals surface area contributed by atoms with E-state index in [0.717, 1.165) is 12.5 Å². The van der Waals surface area contributed by atoms with Gasteiger partial charge in [-0.25, -0.2) is 0 Å². The number of nitrogens with zero attached hydrogens (tertiary/aromatic N) is 1. The summed E-state index contributed by atoms with van der Waals surface area (Å²) in [6.07, 6.45) is -3.63. The van der Waals surface area contributed by atoms with Crippen molar-refractivity contribution in [3.05, 3.63) is 29.3 Å². The van der Waals surface area contributed by atoms with Crippen molar-refractivity contribution in [3.8, 4) is 0 Å². The summed E-state index contributed by atoms with van der Waals surface area (Å²) in [4.78, 5) is 1.99. The SMILES string of the molecule is CCC(C)N(CC)c1ccc(C(F)(F)F)c(C(=N)N)c1. The Bertz CT molecular complexity index is 483. The number of halogens is 3. The number of nitrogens with one attached hydrogen (secondary N) is 1. The van der Waals surface area contributed by atoms with E-state index in [0.29, 0.717) is 12.2 Å². The third kappa shape index (κ3) is 3.43. The van der Waals surface area contributed by atoms with E-state index in [2.05, 4.69) is 0 Å². The lowest BCUT2D eigenvalue weighted by Crippen LogP contribution is -2.32. The van der Waals surface area contributed by atoms with Crippen molar-refractivity contribution in [1.29, 1.82) is 5.41 Å². The third-order valence-corrected chi connectivity index (χ3v) is 3.39. The predicted molar refractivity (Wildman–Crippen MR) is 75.2 cm³/mol. The second-order valence-electron chi connectivity index (χ2n) is 4.68. The lowest BCUT2D eigenvalue weighted by atomic mass is 10.0. The van der Waals surface area contributed by atoms with E-state index in [1.165, 1.54) is 12.1 Å². The summed E-state index contributed by atoms with van der Waals surface area (Å²) in [6.45, 7) is 6.65. The molecule has 112 valence electrons. The van der Waals surface area contributed by atoms with Gasteiger partial charge in [0.05, 0.1) is 5.56 Å². The molecule has 0 fully saturated rings. The van der Waals surface area contributed by atoms with Crippen LogP contribution in [-0.2, 0) is 6.18 Å². The van der Waals surface area contributed by atoms with E-state index in [4.69, 9.17) is 11.1 Å². The van der Waals surface area contributed by atoms with Crippen LogP contribution in [0.15, 0.2) is 18.2 Å². The number of hydrogen-bond acceptors (Lipinski definition) is 2. The molecule has 0 heterocycles. The summed E-state index contributed by atoms with van der Waals surface area (Å²) in [7, 11) is 0. The Balaban J connectivity index is 3.33. The molecule has 3 nitrogen and oxygen atoms in total. The first-order valence-corrected chi connectivity index (χ1v) is 6.54. The number of anilines is 1. The molecule has 0 saturated heterocycles. The smallest absolute Gasteiger partial charge is 0.384 e. The van der Waals surface area contributed by atoms with Crippen LogP contribution in [0.2, 0.25) is 0 Å². The molecular formula is C14H20F3N3. The van der Waals surface area contributed by atoms with Gasteiger partial charge in [-0.15, -0.1) is 0 Å². The summed E-state index contributed by atoms with van der Waals surface area (Å²) >= 11 is 0. The summed E-state index contributed by atoms with van der Waals surface area (Å²) in [6, 6.07) is 3.99. The maximum Gasteiger partial charge on any atom is 0.417 e. The van der Waals surface area contributed by atoms with Gasteiger partial charge >= 0.3 is 6.18 Å². The molecule has 0 aliphatic carbocycles. The molecule has 1 rings (SSSR count). The molecule has 0 aromatic heterocycles. The minimum atomic E-state index is -4.51. The highest BCUT2D eigenvalue weighted by Gasteiger charge is 2.34. The molecule has 3 N–H and O–H groups in total. The van der Waals surface area contributed by atoms with Gasteiger partial charge in [0.25, 0.3) is 0 Å². The van der Waals surface area contributed by atoms with Crippen molar-refractivity contribution in [2.24, 2.45) is 5.73 Å². The average Bonchev–Trinajstić information content (AvgIpc) is 2.37. The zero-order chi connectivity index (χ0) is 15.5. The zero-order valence-corrected chi connectivity index (χ0v) is 11.9. The Labute approximate surface area is 117 Å². The summed E-state index contributed by atoms with van der Waals surface area (Å²) in [5.74, 6) is -0.570. The van der Waals surface area contributed by atoms with E-state index in [-0.39, 0.29) is 11.6 Å². The van der Waals surface area contributed by atoms with Crippen molar-refractivity contribution >= 4 is 11.5 Å². The van der Waals surface area contributed by atoms with Gasteiger partial charge in [0.1, 0.15) is 5.84 Å². The molecule has 1 aromatic carbocycles. The predicted octanol–water partition coefficient (Wildman–Crippen LogP) is 3.61. The normalized spacial score (nSPS) is 13.1. The molecule has 0 spiro atoms. The van der Waals surface area contributed by atoms with Gasteiger partial charge in [-0.2, -0.15) is 13.2 Å². The lowest BCUT2D eigenvalue weighted by molar-refractivity contribution is -0.137. The maximum atomic E-state index is 12.9. The Morgan fingerprint density at radius 2 is 1.95 bits per heavy atom. The topological polar surface area (TPSA) is 53.1 Å². The highest BCUT2D eigenvalue weighted by Crippen LogP contribution is 2.34. The largest absolute Gasteiger partial charge is 0.417 e. The first-order valence-electron chi connectivity index (χ1n) is 6.54. The number of nitrogen functional groups attached to an aromatic ring is 1. The number of rotatable bonds is 5. The van der Waals surface area contributed by atoms with E-state index in [1.807, 2.05) is 25.7 Å². The number of hydrogen-bond donors (Lipinski definition) is 2. The highest BCUT2D eigenvalue weighted by molar-refractivity contribution is 5.97. The summed E-state index contributed by atoms with van der Waals surface area (Å²) in [5, 5.41) is 7.36. The van der Waals surface area contributed by atoms with E-state index in [9.17, 15) is 13.2 Å². The van der Waals surface area contributed by atoms with Crippen LogP contribution in [0.4, 0.5) is 18.9 Å². The third-order valence-electron chi connectivity index (χ3n) is 3.39. The molecule has 0 amide bonds. The first kappa shape index (κ1) is 16.3. The summed E-state index contributed by atoms with van der Waals surface area (Å²) in [5.41, 5.74) is 4.81. The van der Waals surface area contributed by atoms with Gasteiger partial charge in [0, 0.05) is 23.8 Å². The molecule has 0 saturated carbocycles. The Kier molecular flexibility index (Phi) is 5.03. The van der Waals surface area contributed by atoms with Gasteiger partial charge in [0.15, 0.2) is 0 Å². The number of alkyl halides is 3. The molecule has 0 radical (unpaired) electrons. The Morgan fingerprint density at radius 3 is 2.35 bits per heavy atom. The van der Waals surface area contributed by atoms with E-state index < -0.39 is 17.6 Å². The van der Waals surface area contributed by atoms with Crippen LogP contribution >= 0.6 is 0 Å². The Hall–Kier alpha value is -1.72. The van der Waals surface area contributed by atoms with Crippen molar-refractivity contribution in [2.45, 2.75) is 39.4 Å². The van der Waals surface area contributed by atoms with Crippen molar-refractivity contribution < 1.29 is 13.2 Å². The first-order chi connectivity index (χ1) is 9.22. The van der Waals surface area contributed by atoms with E-state index in [1.54, 1.807) is 0 Å². The van der Waals surface area contributed by atoms with Crippen molar-refractivity contribution in [2.75, 3.05) is 11.4 Å². The van der Waals surface area contributed by atoms with Crippen LogP contribution in [0.3, 0.4) is 0 Å². The molecule has 1 unspecified atom stereocenters. The molecule has 0 aliphatic rings. The highest BCUT2D eigenvalue weighted by atomic mass is 19.4. The van der Waals surface area contributed by atoms with Crippen molar-refractivity contribution in [3.63, 3.8) is 0 Å². The minimum Gasteiger partial charge on any atom is -0.384 e. The molecule has 6 heteroatoms. The zero-order valence-electron chi connectivity index (χ0n) is 11.9. The monoisotopic (exact) mass is 287 g/mol. The second kappa shape index (κ2) is 6.15. The summed E-state index contributed by atoms with van der Waals surface area (Å²) < 4.78 is 38.6. The van der Waals surface area contributed by atoms with Crippen LogP contribution in [-0.4, -0.2) is 18.4 Å². The fourth-order valence-electron chi connectivity index (χ4n) is 2.15. The van der Waals surface area contributed by atoms with Crippen LogP contribution in [0.1, 0.15) is 38.3 Å². The minimum absolute atomic E-state index is 0.205. The van der Waals surface area contributed by atoms with E-state index >= 15 is 0 Å². The second-order valence-corrected chi connectivity index (χ2v) is 4.68. The van der Waals surface area contributed by atoms with Crippen LogP contribution in [0.25, 0.3) is 0 Å². The van der Waals surface area contributed by atoms with Crippen LogP contribution in [0.5, 0.6) is 0 Å². The average molecular weight is 287 g/mol. The van der Waals surface area contributed by atoms with Gasteiger partial charge in [-0.1, -0.05) is 6.92 Å². The molecule has 0 bridgehead atoms. The van der Waals surface area contributed by atoms with Gasteiger partial charge in [-0.05, 0) is 38.5 Å². The quantitative estimate of drug-likeness (QED) is 0.642. The van der Waals surface area contributed by atoms with Crippen LogP contribution < -0.4 is 10.6 Å². The molecule has 1 atom stereocenters. The van der Waals surface area contributed by atoms with Crippen molar-refractivity contribution in [1.82, 2.24) is 0 Å². The molecule has 20 heavy (non-hydrogen) atoms. The van der Waals surface area contributed by atoms with Gasteiger partial charge < -0.3 is 10.6 Å². The Morgan fingerprint density at radius 1 is 1.35 bits per heavy atom. The number of amidine groups is 1. The fraction of sp³-hybridized carbons (Fsp3) is 0.500. The van der Waals surface area contributed by atoms with Gasteiger partial charge in [0.2, 0.25) is 0 Å². The molecule has 1 aromatic rings. The van der Waals surface area contributed by atoms with Crippen LogP contribution in [0, 0.1) is 5.41 Å². The number of nitrogens with two attached hydrogens (primary N) is 1. The fourth-order valence-corrected chi connectivity index (χ4v) is 2.15.